The zero-order valence-electron chi connectivity index (χ0n) is 14.4. The molecule has 3 nitrogen and oxygen atoms in total. The summed E-state index contributed by atoms with van der Waals surface area (Å²) in [4.78, 5) is 14.3. The summed E-state index contributed by atoms with van der Waals surface area (Å²) in [5.74, 6) is 0.361. The van der Waals surface area contributed by atoms with Crippen LogP contribution in [0.5, 0.6) is 0 Å². The summed E-state index contributed by atoms with van der Waals surface area (Å²) in [7, 11) is 0. The van der Waals surface area contributed by atoms with Crippen LogP contribution in [0, 0.1) is 0 Å². The molecule has 1 N–H and O–H groups in total. The predicted octanol–water partition coefficient (Wildman–Crippen LogP) is 4.38. The molecule has 0 saturated heterocycles. The molecule has 1 amide bonds. The van der Waals surface area contributed by atoms with Gasteiger partial charge in [-0.2, -0.15) is 0 Å². The molecule has 0 saturated carbocycles. The first-order chi connectivity index (χ1) is 11.6. The van der Waals surface area contributed by atoms with E-state index in [4.69, 9.17) is 12.2 Å². The van der Waals surface area contributed by atoms with Crippen LogP contribution in [0.1, 0.15) is 32.4 Å². The molecule has 2 rings (SSSR count). The molecule has 24 heavy (non-hydrogen) atoms. The Labute approximate surface area is 153 Å². The summed E-state index contributed by atoms with van der Waals surface area (Å²) >= 11 is 6.80. The van der Waals surface area contributed by atoms with E-state index in [0.29, 0.717) is 5.75 Å². The monoisotopic (exact) mass is 360 g/mol. The number of hydrogen-bond acceptors (Lipinski definition) is 3. The molecule has 0 heterocycles. The van der Waals surface area contributed by atoms with Gasteiger partial charge in [-0.3, -0.25) is 4.79 Å². The van der Waals surface area contributed by atoms with Gasteiger partial charge < -0.3 is 10.2 Å². The molecule has 0 radical (unpaired) electrons. The number of benzene rings is 2. The van der Waals surface area contributed by atoms with Gasteiger partial charge >= 0.3 is 0 Å². The van der Waals surface area contributed by atoms with Crippen molar-refractivity contribution in [3.8, 4) is 0 Å². The Bertz CT molecular complexity index is 708. The number of hydrogen-bond donors (Lipinski definition) is 1. The van der Waals surface area contributed by atoms with Crippen LogP contribution < -0.4 is 5.32 Å². The maximum atomic E-state index is 12.3. The highest BCUT2D eigenvalue weighted by Crippen LogP contribution is 2.24. The van der Waals surface area contributed by atoms with Gasteiger partial charge in [0, 0.05) is 13.1 Å². The molecule has 1 unspecified atom stereocenters. The summed E-state index contributed by atoms with van der Waals surface area (Å²) in [6.07, 6.45) is 0. The van der Waals surface area contributed by atoms with E-state index in [0.717, 1.165) is 23.0 Å². The topological polar surface area (TPSA) is 32.3 Å². The summed E-state index contributed by atoms with van der Waals surface area (Å²) in [6, 6.07) is 14.4. The number of thiocarbonyl (C=S) groups is 1. The molecule has 0 aliphatic carbocycles. The second-order valence-corrected chi connectivity index (χ2v) is 7.19. The van der Waals surface area contributed by atoms with E-state index in [1.807, 2.05) is 25.1 Å². The van der Waals surface area contributed by atoms with Crippen LogP contribution in [0.4, 0.5) is 0 Å². The van der Waals surface area contributed by atoms with Crippen molar-refractivity contribution in [1.82, 2.24) is 10.2 Å². The van der Waals surface area contributed by atoms with Crippen LogP contribution in [0.3, 0.4) is 0 Å². The summed E-state index contributed by atoms with van der Waals surface area (Å²) in [5.41, 5.74) is 1.14. The third-order valence-electron chi connectivity index (χ3n) is 4.02. The lowest BCUT2D eigenvalue weighted by Crippen LogP contribution is -2.31. The van der Waals surface area contributed by atoms with Crippen molar-refractivity contribution >= 4 is 45.0 Å². The molecular weight excluding hydrogens is 336 g/mol. The van der Waals surface area contributed by atoms with E-state index in [2.05, 4.69) is 48.3 Å². The van der Waals surface area contributed by atoms with Crippen molar-refractivity contribution in [1.29, 1.82) is 0 Å². The maximum absolute atomic E-state index is 12.3. The fourth-order valence-electron chi connectivity index (χ4n) is 2.69. The van der Waals surface area contributed by atoms with Gasteiger partial charge in [0.2, 0.25) is 5.91 Å². The number of thioether (sulfide) groups is 1. The van der Waals surface area contributed by atoms with Crippen molar-refractivity contribution in [3.63, 3.8) is 0 Å². The molecule has 5 heteroatoms. The van der Waals surface area contributed by atoms with Gasteiger partial charge in [0.1, 0.15) is 4.32 Å². The minimum Gasteiger partial charge on any atom is -0.358 e. The highest BCUT2D eigenvalue weighted by molar-refractivity contribution is 8.23. The molecule has 128 valence electrons. The smallest absolute Gasteiger partial charge is 0.230 e. The number of carbonyl (C=O) groups is 1. The van der Waals surface area contributed by atoms with Gasteiger partial charge in [-0.05, 0) is 37.1 Å². The molecular formula is C19H24N2OS2. The molecule has 0 aromatic heterocycles. The lowest BCUT2D eigenvalue weighted by Gasteiger charge is -2.21. The number of fused-ring (bicyclic) bond motifs is 1. The highest BCUT2D eigenvalue weighted by Gasteiger charge is 2.14. The summed E-state index contributed by atoms with van der Waals surface area (Å²) < 4.78 is 0.785. The van der Waals surface area contributed by atoms with Gasteiger partial charge in [-0.1, -0.05) is 66.4 Å². The van der Waals surface area contributed by atoms with E-state index in [9.17, 15) is 4.79 Å². The van der Waals surface area contributed by atoms with Crippen molar-refractivity contribution in [2.75, 3.05) is 18.8 Å². The Morgan fingerprint density at radius 2 is 1.83 bits per heavy atom. The number of amides is 1. The Kier molecular flexibility index (Phi) is 7.06. The van der Waals surface area contributed by atoms with Crippen LogP contribution in [-0.2, 0) is 4.79 Å². The average molecular weight is 361 g/mol. The zero-order valence-corrected chi connectivity index (χ0v) is 16.0. The Hall–Kier alpha value is -1.59. The number of nitrogens with one attached hydrogen (secondary N) is 1. The molecule has 0 fully saturated rings. The van der Waals surface area contributed by atoms with Crippen LogP contribution in [0.15, 0.2) is 42.5 Å². The first-order valence-electron chi connectivity index (χ1n) is 8.25. The fraction of sp³-hybridized carbons (Fsp3) is 0.368. The van der Waals surface area contributed by atoms with Gasteiger partial charge in [-0.15, -0.1) is 0 Å². The minimum atomic E-state index is -0.0359. The van der Waals surface area contributed by atoms with E-state index in [1.54, 1.807) is 0 Å². The van der Waals surface area contributed by atoms with Crippen LogP contribution in [0.25, 0.3) is 10.8 Å². The standard InChI is InChI=1S/C19H24N2OS2/c1-4-21(5-2)19(23)24-13-18(22)20-14(3)16-12-8-10-15-9-6-7-11-17(15)16/h6-12,14H,4-5,13H2,1-3H3,(H,20,22). The number of nitrogens with zero attached hydrogens (tertiary/aromatic N) is 1. The lowest BCUT2D eigenvalue weighted by atomic mass is 10.00. The van der Waals surface area contributed by atoms with Gasteiger partial charge in [0.05, 0.1) is 11.8 Å². The maximum Gasteiger partial charge on any atom is 0.230 e. The third kappa shape index (κ3) is 4.71. The van der Waals surface area contributed by atoms with E-state index >= 15 is 0 Å². The first kappa shape index (κ1) is 18.7. The minimum absolute atomic E-state index is 0.00920. The Morgan fingerprint density at radius 3 is 2.54 bits per heavy atom. The average Bonchev–Trinajstić information content (AvgIpc) is 2.60. The van der Waals surface area contributed by atoms with Crippen molar-refractivity contribution in [2.45, 2.75) is 26.8 Å². The SMILES string of the molecule is CCN(CC)C(=S)SCC(=O)NC(C)c1cccc2ccccc12. The molecule has 1 atom stereocenters. The molecule has 0 bridgehead atoms. The van der Waals surface area contributed by atoms with Crippen LogP contribution in [0.2, 0.25) is 0 Å². The largest absolute Gasteiger partial charge is 0.358 e. The lowest BCUT2D eigenvalue weighted by molar-refractivity contribution is -0.119. The van der Waals surface area contributed by atoms with E-state index in [1.165, 1.54) is 22.5 Å². The van der Waals surface area contributed by atoms with Gasteiger partial charge in [0.25, 0.3) is 0 Å². The second-order valence-electron chi connectivity index (χ2n) is 5.58. The normalized spacial score (nSPS) is 12.0. The van der Waals surface area contributed by atoms with Crippen molar-refractivity contribution < 1.29 is 4.79 Å². The summed E-state index contributed by atoms with van der Waals surface area (Å²) in [5, 5.41) is 5.45. The molecule has 0 aliphatic heterocycles. The molecule has 0 aliphatic rings. The van der Waals surface area contributed by atoms with Gasteiger partial charge in [-0.25, -0.2) is 0 Å². The van der Waals surface area contributed by atoms with Crippen LogP contribution >= 0.6 is 24.0 Å². The quantitative estimate of drug-likeness (QED) is 0.775. The Morgan fingerprint density at radius 1 is 1.17 bits per heavy atom. The third-order valence-corrected chi connectivity index (χ3v) is 5.54. The van der Waals surface area contributed by atoms with Crippen molar-refractivity contribution in [3.05, 3.63) is 48.0 Å². The van der Waals surface area contributed by atoms with Crippen LogP contribution in [-0.4, -0.2) is 34.0 Å². The molecule has 2 aromatic rings. The van der Waals surface area contributed by atoms with Crippen molar-refractivity contribution in [2.24, 2.45) is 0 Å². The Balaban J connectivity index is 1.97. The number of rotatable bonds is 6. The number of carbonyl (C=O) groups excluding carboxylic acids is 1. The summed E-state index contributed by atoms with van der Waals surface area (Å²) in [6.45, 7) is 7.90. The first-order valence-corrected chi connectivity index (χ1v) is 9.64. The zero-order chi connectivity index (χ0) is 17.5. The predicted molar refractivity (Wildman–Crippen MR) is 108 cm³/mol. The fourth-order valence-corrected chi connectivity index (χ4v) is 3.90. The van der Waals surface area contributed by atoms with E-state index in [-0.39, 0.29) is 11.9 Å². The van der Waals surface area contributed by atoms with Gasteiger partial charge in [0.15, 0.2) is 0 Å². The second kappa shape index (κ2) is 9.04. The molecule has 0 spiro atoms. The van der Waals surface area contributed by atoms with E-state index < -0.39 is 0 Å². The molecule has 2 aromatic carbocycles. The highest BCUT2D eigenvalue weighted by atomic mass is 32.2.